The third-order valence-electron chi connectivity index (χ3n) is 30.9. The zero-order valence-electron chi connectivity index (χ0n) is 66.6. The van der Waals surface area contributed by atoms with Crippen molar-refractivity contribution in [3.63, 3.8) is 0 Å². The number of hydrogen-bond donors (Lipinski definition) is 0. The van der Waals surface area contributed by atoms with Crippen LogP contribution in [0.15, 0.2) is 175 Å². The standard InChI is InChI=1S/C100H116O2Si5/c1-61-37-80-45-79(34-29-73(80)52-92(61)75-33-28-74-53-94(77-31-20-65-17-24-69(65)40-77)98(58-88(74)44-75)105(7,8)101-104(5,6)36-35-62-13-14-63-15-22-67(63)38-62)96-56-87-48-83-47-85-54-93(76-30-19-64-16-23-68(64)39-76)97(103(2,3)4)57-89(85)50-84(83)51-91(87)60-100(96)107(11,12)102-106(9,10)99-59-90-49-82-43-72-27-26-71(72)42-81(82)46-86(90)55-95(99)78-32-21-66-18-25-70(66)41-78/h13-14,19-21,28-36,38-51,61,63,67,92-100H,15-18,22-27,37,52-60H2,1-12H3. The summed E-state index contributed by atoms with van der Waals surface area (Å²) in [6.07, 6.45) is 33.6. The molecule has 0 radical (unpaired) electrons. The topological polar surface area (TPSA) is 18.5 Å². The second-order valence-electron chi connectivity index (χ2n) is 40.0. The van der Waals surface area contributed by atoms with Crippen molar-refractivity contribution in [1.82, 2.24) is 0 Å². The largest absolute Gasteiger partial charge is 0.455 e. The second kappa shape index (κ2) is 25.9. The molecule has 548 valence electrons. The van der Waals surface area contributed by atoms with Gasteiger partial charge in [0.1, 0.15) is 0 Å². The number of benzene rings is 9. The predicted octanol–water partition coefficient (Wildman–Crippen LogP) is 24.4. The predicted molar refractivity (Wildman–Crippen MR) is 463 cm³/mol. The van der Waals surface area contributed by atoms with Crippen molar-refractivity contribution in [3.05, 3.63) is 303 Å². The fraction of sp³-hybridized carbons (Fsp3) is 0.440. The summed E-state index contributed by atoms with van der Waals surface area (Å²) in [5.74, 6) is 4.43. The number of hydrogen-bond acceptors (Lipinski definition) is 2. The van der Waals surface area contributed by atoms with Crippen molar-refractivity contribution in [2.45, 2.75) is 259 Å². The van der Waals surface area contributed by atoms with Crippen LogP contribution in [0.5, 0.6) is 0 Å². The van der Waals surface area contributed by atoms with Crippen LogP contribution in [-0.2, 0) is 124 Å². The maximum absolute atomic E-state index is 8.53. The second-order valence-corrected chi connectivity index (χ2v) is 62.5. The Bertz CT molecular complexity index is 5260. The highest BCUT2D eigenvalue weighted by atomic mass is 28.4. The molecule has 12 atom stereocenters. The molecule has 11 aliphatic carbocycles. The average Bonchev–Trinajstić information content (AvgIpc) is 0.741. The van der Waals surface area contributed by atoms with Gasteiger partial charge in [0.25, 0.3) is 0 Å². The van der Waals surface area contributed by atoms with Gasteiger partial charge in [0.05, 0.1) is 0 Å². The molecule has 20 rings (SSSR count). The van der Waals surface area contributed by atoms with Crippen LogP contribution < -0.4 is 0 Å². The third-order valence-corrected chi connectivity index (χ3v) is 50.3. The van der Waals surface area contributed by atoms with Gasteiger partial charge in [-0.1, -0.05) is 196 Å². The SMILES string of the molecule is CC1Cc2cc(C3Cc4cc5cc6c(cc5cc4CC3[Si](C)(C)O[Si](C)(C)C3Cc4cc5cc7c(cc5cc4CC3c3ccc4c(c3)CC4)CC7)CC([Si](C)(C)C)C(c3ccc4c(c3)CC4)C6)ccc2CC1c1ccc2c(c1)CC([Si](C)(C)O[Si](C)(C)C=CC1=CC3CCC3C=C1)C(c1ccc3c(c1)CC3)C2. The first-order valence-corrected chi connectivity index (χ1v) is 58.1. The quantitative estimate of drug-likeness (QED) is 0.0953. The van der Waals surface area contributed by atoms with Crippen LogP contribution in [0.3, 0.4) is 0 Å². The van der Waals surface area contributed by atoms with Gasteiger partial charge in [-0.2, -0.15) is 0 Å². The summed E-state index contributed by atoms with van der Waals surface area (Å²) >= 11 is 0. The first-order valence-electron chi connectivity index (χ1n) is 42.6. The Balaban J connectivity index is 0.622. The Morgan fingerprint density at radius 2 is 0.607 bits per heavy atom. The first-order chi connectivity index (χ1) is 51.3. The van der Waals surface area contributed by atoms with Crippen molar-refractivity contribution in [3.8, 4) is 0 Å². The molecular formula is C100H116O2Si5. The summed E-state index contributed by atoms with van der Waals surface area (Å²) in [6.45, 7) is 31.4. The first kappa shape index (κ1) is 69.9. The highest BCUT2D eigenvalue weighted by molar-refractivity contribution is 6.88. The van der Waals surface area contributed by atoms with E-state index in [-0.39, 0.29) is 0 Å². The molecule has 0 N–H and O–H groups in total. The molecule has 11 aliphatic rings. The number of rotatable bonds is 15. The zero-order chi connectivity index (χ0) is 72.9. The van der Waals surface area contributed by atoms with Gasteiger partial charge in [0.2, 0.25) is 0 Å². The van der Waals surface area contributed by atoms with Crippen LogP contribution >= 0.6 is 0 Å². The Kier molecular flexibility index (Phi) is 16.9. The van der Waals surface area contributed by atoms with Gasteiger partial charge in [-0.05, 0) is 405 Å². The van der Waals surface area contributed by atoms with Crippen LogP contribution in [0.4, 0.5) is 0 Å². The number of aryl methyl sites for hydroxylation is 8. The molecule has 0 aromatic heterocycles. The van der Waals surface area contributed by atoms with Crippen molar-refractivity contribution in [2.24, 2.45) is 17.8 Å². The molecule has 12 unspecified atom stereocenters. The van der Waals surface area contributed by atoms with E-state index in [1.807, 2.05) is 0 Å². The lowest BCUT2D eigenvalue weighted by Gasteiger charge is -2.49. The van der Waals surface area contributed by atoms with Gasteiger partial charge in [-0.25, -0.2) is 0 Å². The van der Waals surface area contributed by atoms with E-state index in [1.54, 1.807) is 128 Å². The van der Waals surface area contributed by atoms with Crippen LogP contribution in [0.1, 0.15) is 177 Å². The van der Waals surface area contributed by atoms with Gasteiger partial charge in [0, 0.05) is 8.07 Å². The van der Waals surface area contributed by atoms with E-state index < -0.39 is 41.3 Å². The van der Waals surface area contributed by atoms with Crippen molar-refractivity contribution >= 4 is 62.9 Å². The van der Waals surface area contributed by atoms with Crippen LogP contribution in [0, 0.1) is 17.8 Å². The molecular weight excluding hydrogens is 1370 g/mol. The molecule has 9 aromatic rings. The van der Waals surface area contributed by atoms with Gasteiger partial charge in [-0.15, -0.1) is 0 Å². The minimum atomic E-state index is -2.51. The van der Waals surface area contributed by atoms with E-state index in [0.717, 1.165) is 68.7 Å². The van der Waals surface area contributed by atoms with E-state index in [4.69, 9.17) is 8.23 Å². The fourth-order valence-electron chi connectivity index (χ4n) is 24.1. The molecule has 0 heterocycles. The summed E-state index contributed by atoms with van der Waals surface area (Å²) in [7, 11) is -10.9. The lowest BCUT2D eigenvalue weighted by Crippen LogP contribution is -2.54. The average molecular weight is 1490 g/mol. The maximum Gasteiger partial charge on any atom is 0.198 e. The molecule has 0 bridgehead atoms. The highest BCUT2D eigenvalue weighted by Gasteiger charge is 2.52. The highest BCUT2D eigenvalue weighted by Crippen LogP contribution is 2.56. The lowest BCUT2D eigenvalue weighted by atomic mass is 9.70. The summed E-state index contributed by atoms with van der Waals surface area (Å²) in [5.41, 5.74) is 42.5. The molecule has 7 heteroatoms. The van der Waals surface area contributed by atoms with E-state index in [1.165, 1.54) is 104 Å². The van der Waals surface area contributed by atoms with Crippen molar-refractivity contribution in [2.75, 3.05) is 0 Å². The third kappa shape index (κ3) is 12.6. The van der Waals surface area contributed by atoms with Gasteiger partial charge >= 0.3 is 0 Å². The molecule has 107 heavy (non-hydrogen) atoms. The van der Waals surface area contributed by atoms with E-state index >= 15 is 0 Å². The molecule has 1 fully saturated rings. The van der Waals surface area contributed by atoms with Crippen LogP contribution in [0.2, 0.25) is 94.2 Å². The van der Waals surface area contributed by atoms with E-state index in [0.29, 0.717) is 52.1 Å². The van der Waals surface area contributed by atoms with Crippen LogP contribution in [-0.4, -0.2) is 41.3 Å². The summed E-state index contributed by atoms with van der Waals surface area (Å²) in [6, 6.07) is 60.0. The Labute approximate surface area is 646 Å². The Morgan fingerprint density at radius 3 is 0.991 bits per heavy atom. The summed E-state index contributed by atoms with van der Waals surface area (Å²) in [4.78, 5) is 0. The lowest BCUT2D eigenvalue weighted by molar-refractivity contribution is 0.282. The molecule has 1 saturated carbocycles. The maximum atomic E-state index is 8.53. The smallest absolute Gasteiger partial charge is 0.198 e. The Hall–Kier alpha value is -6.28. The van der Waals surface area contributed by atoms with E-state index in [9.17, 15) is 0 Å². The zero-order valence-corrected chi connectivity index (χ0v) is 71.6. The minimum absolute atomic E-state index is 0.382. The van der Waals surface area contributed by atoms with Gasteiger partial charge in [-0.3, -0.25) is 0 Å². The fourth-order valence-corrected chi connectivity index (χ4v) is 46.0. The minimum Gasteiger partial charge on any atom is -0.455 e. The molecule has 0 amide bonds. The van der Waals surface area contributed by atoms with Crippen molar-refractivity contribution in [1.29, 1.82) is 0 Å². The normalized spacial score (nSPS) is 26.7. The molecule has 0 aliphatic heterocycles. The van der Waals surface area contributed by atoms with Crippen LogP contribution in [0.25, 0.3) is 21.5 Å². The van der Waals surface area contributed by atoms with Crippen molar-refractivity contribution < 1.29 is 8.23 Å². The molecule has 9 aromatic carbocycles. The number of fused-ring (bicyclic) bond motifs is 12. The summed E-state index contributed by atoms with van der Waals surface area (Å²) < 4.78 is 16.3. The van der Waals surface area contributed by atoms with Gasteiger partial charge in [0.15, 0.2) is 33.3 Å². The van der Waals surface area contributed by atoms with Gasteiger partial charge < -0.3 is 8.23 Å². The number of allylic oxidation sites excluding steroid dienone is 5. The molecule has 0 saturated heterocycles. The van der Waals surface area contributed by atoms with E-state index in [2.05, 4.69) is 248 Å². The summed E-state index contributed by atoms with van der Waals surface area (Å²) in [5, 5.41) is 5.82. The monoisotopic (exact) mass is 1490 g/mol. The molecule has 2 nitrogen and oxygen atoms in total. The molecule has 0 spiro atoms. The Morgan fingerprint density at radius 1 is 0.299 bits per heavy atom.